The van der Waals surface area contributed by atoms with Crippen LogP contribution >= 0.6 is 0 Å². The van der Waals surface area contributed by atoms with Crippen LogP contribution in [-0.4, -0.2) is 27.8 Å². The second-order valence-electron chi connectivity index (χ2n) is 6.78. The van der Waals surface area contributed by atoms with Gasteiger partial charge in [-0.05, 0) is 55.2 Å². The highest BCUT2D eigenvalue weighted by Crippen LogP contribution is 2.23. The fourth-order valence-electron chi connectivity index (χ4n) is 2.79. The van der Waals surface area contributed by atoms with Gasteiger partial charge in [-0.15, -0.1) is 0 Å². The summed E-state index contributed by atoms with van der Waals surface area (Å²) in [4.78, 5) is 9.02. The Morgan fingerprint density at radius 3 is 2.11 bits per heavy atom. The normalized spacial score (nSPS) is 12.0. The number of unbranched alkanes of at least 4 members (excludes halogenated alkanes) is 1. The number of nitrogens with zero attached hydrogens (tertiary/aromatic N) is 2. The minimum absolute atomic E-state index is 0.280. The van der Waals surface area contributed by atoms with Crippen LogP contribution in [-0.2, 0) is 6.42 Å². The van der Waals surface area contributed by atoms with E-state index in [2.05, 4.69) is 41.2 Å². The van der Waals surface area contributed by atoms with E-state index in [0.29, 0.717) is 5.82 Å². The summed E-state index contributed by atoms with van der Waals surface area (Å²) in [5, 5.41) is 9.27. The first kappa shape index (κ1) is 19.1. The fourth-order valence-corrected chi connectivity index (χ4v) is 2.79. The Labute approximate surface area is 160 Å². The summed E-state index contributed by atoms with van der Waals surface area (Å²) in [6.45, 7) is 4.19. The third-order valence-electron chi connectivity index (χ3n) is 4.36. The smallest absolute Gasteiger partial charge is 0.159 e. The van der Waals surface area contributed by atoms with Crippen molar-refractivity contribution in [2.24, 2.45) is 0 Å². The number of aromatic nitrogens is 2. The molecule has 0 fully saturated rings. The molecule has 4 nitrogen and oxygen atoms in total. The third kappa shape index (κ3) is 5.38. The van der Waals surface area contributed by atoms with Gasteiger partial charge >= 0.3 is 0 Å². The number of benzene rings is 2. The fraction of sp³-hybridized carbons (Fsp3) is 0.304. The zero-order valence-electron chi connectivity index (χ0n) is 15.9. The van der Waals surface area contributed by atoms with Crippen molar-refractivity contribution in [3.05, 3.63) is 66.5 Å². The van der Waals surface area contributed by atoms with Gasteiger partial charge in [-0.1, -0.05) is 37.6 Å². The van der Waals surface area contributed by atoms with Gasteiger partial charge in [0.2, 0.25) is 0 Å². The molecule has 0 radical (unpaired) electrons. The van der Waals surface area contributed by atoms with E-state index >= 15 is 0 Å². The summed E-state index contributed by atoms with van der Waals surface area (Å²) in [7, 11) is 0. The standard InChI is InChI=1S/C23H26N2O2/c1-3-4-5-18-6-8-19(9-7-18)21-14-24-23(25-15-21)20-10-12-22(13-11-20)27-16-17(2)26/h6-15,17,26H,3-5,16H2,1-2H3. The predicted octanol–water partition coefficient (Wildman–Crippen LogP) is 4.91. The Morgan fingerprint density at radius 2 is 1.52 bits per heavy atom. The number of aryl methyl sites for hydroxylation is 1. The molecule has 0 saturated heterocycles. The van der Waals surface area contributed by atoms with Crippen molar-refractivity contribution >= 4 is 0 Å². The number of hydrogen-bond donors (Lipinski definition) is 1. The van der Waals surface area contributed by atoms with Crippen molar-refractivity contribution in [1.82, 2.24) is 9.97 Å². The van der Waals surface area contributed by atoms with E-state index in [0.717, 1.165) is 28.9 Å². The first-order valence-electron chi connectivity index (χ1n) is 9.48. The average Bonchev–Trinajstić information content (AvgIpc) is 2.72. The number of hydrogen-bond acceptors (Lipinski definition) is 4. The number of rotatable bonds is 8. The van der Waals surface area contributed by atoms with Crippen LogP contribution in [0.4, 0.5) is 0 Å². The Balaban J connectivity index is 1.68. The molecule has 1 heterocycles. The predicted molar refractivity (Wildman–Crippen MR) is 109 cm³/mol. The van der Waals surface area contributed by atoms with Gasteiger partial charge in [-0.3, -0.25) is 0 Å². The minimum Gasteiger partial charge on any atom is -0.491 e. The molecular formula is C23H26N2O2. The Morgan fingerprint density at radius 1 is 0.889 bits per heavy atom. The highest BCUT2D eigenvalue weighted by Gasteiger charge is 2.05. The SMILES string of the molecule is CCCCc1ccc(-c2cnc(-c3ccc(OCC(C)O)cc3)nc2)cc1. The second kappa shape index (κ2) is 9.28. The van der Waals surface area contributed by atoms with Crippen molar-refractivity contribution in [1.29, 1.82) is 0 Å². The molecule has 1 unspecified atom stereocenters. The molecule has 0 aliphatic rings. The second-order valence-corrected chi connectivity index (χ2v) is 6.78. The van der Waals surface area contributed by atoms with Gasteiger partial charge in [0.15, 0.2) is 5.82 Å². The molecule has 2 aromatic carbocycles. The van der Waals surface area contributed by atoms with Crippen LogP contribution in [0.2, 0.25) is 0 Å². The van der Waals surface area contributed by atoms with Gasteiger partial charge in [-0.25, -0.2) is 9.97 Å². The van der Waals surface area contributed by atoms with Gasteiger partial charge in [0.1, 0.15) is 12.4 Å². The maximum absolute atomic E-state index is 9.27. The Hall–Kier alpha value is -2.72. The van der Waals surface area contributed by atoms with Crippen LogP contribution < -0.4 is 4.74 Å². The topological polar surface area (TPSA) is 55.2 Å². The van der Waals surface area contributed by atoms with Gasteiger partial charge in [0, 0.05) is 23.5 Å². The van der Waals surface area contributed by atoms with E-state index in [9.17, 15) is 5.11 Å². The maximum Gasteiger partial charge on any atom is 0.159 e. The molecule has 3 aromatic rings. The highest BCUT2D eigenvalue weighted by atomic mass is 16.5. The monoisotopic (exact) mass is 362 g/mol. The van der Waals surface area contributed by atoms with Crippen molar-refractivity contribution in [2.75, 3.05) is 6.61 Å². The summed E-state index contributed by atoms with van der Waals surface area (Å²) in [6, 6.07) is 16.2. The summed E-state index contributed by atoms with van der Waals surface area (Å²) in [6.07, 6.45) is 6.80. The lowest BCUT2D eigenvalue weighted by Gasteiger charge is -2.08. The average molecular weight is 362 g/mol. The maximum atomic E-state index is 9.27. The summed E-state index contributed by atoms with van der Waals surface area (Å²) < 4.78 is 5.48. The van der Waals surface area contributed by atoms with E-state index in [1.807, 2.05) is 36.7 Å². The lowest BCUT2D eigenvalue weighted by molar-refractivity contribution is 0.123. The molecular weight excluding hydrogens is 336 g/mol. The number of ether oxygens (including phenoxy) is 1. The molecule has 1 aromatic heterocycles. The van der Waals surface area contributed by atoms with Gasteiger partial charge in [0.25, 0.3) is 0 Å². The zero-order chi connectivity index (χ0) is 19.1. The quantitative estimate of drug-likeness (QED) is 0.618. The van der Waals surface area contributed by atoms with E-state index in [4.69, 9.17) is 4.74 Å². The molecule has 140 valence electrons. The van der Waals surface area contributed by atoms with Crippen molar-refractivity contribution < 1.29 is 9.84 Å². The molecule has 0 aliphatic heterocycles. The molecule has 27 heavy (non-hydrogen) atoms. The molecule has 0 aliphatic carbocycles. The number of aliphatic hydroxyl groups is 1. The van der Waals surface area contributed by atoms with Gasteiger partial charge in [0.05, 0.1) is 6.10 Å². The third-order valence-corrected chi connectivity index (χ3v) is 4.36. The van der Waals surface area contributed by atoms with Crippen LogP contribution in [0, 0.1) is 0 Å². The van der Waals surface area contributed by atoms with Crippen molar-refractivity contribution in [3.63, 3.8) is 0 Å². The molecule has 0 saturated carbocycles. The highest BCUT2D eigenvalue weighted by molar-refractivity contribution is 5.64. The molecule has 0 bridgehead atoms. The first-order chi connectivity index (χ1) is 13.2. The largest absolute Gasteiger partial charge is 0.491 e. The summed E-state index contributed by atoms with van der Waals surface area (Å²) >= 11 is 0. The van der Waals surface area contributed by atoms with Gasteiger partial charge in [-0.2, -0.15) is 0 Å². The molecule has 4 heteroatoms. The number of aliphatic hydroxyl groups excluding tert-OH is 1. The summed E-state index contributed by atoms with van der Waals surface area (Å²) in [5.74, 6) is 1.40. The Kier molecular flexibility index (Phi) is 6.55. The molecule has 3 rings (SSSR count). The van der Waals surface area contributed by atoms with Crippen molar-refractivity contribution in [3.8, 4) is 28.3 Å². The van der Waals surface area contributed by atoms with Crippen LogP contribution in [0.3, 0.4) is 0 Å². The molecule has 1 atom stereocenters. The zero-order valence-corrected chi connectivity index (χ0v) is 15.9. The van der Waals surface area contributed by atoms with Crippen LogP contribution in [0.15, 0.2) is 60.9 Å². The van der Waals surface area contributed by atoms with Crippen LogP contribution in [0.1, 0.15) is 32.3 Å². The molecule has 1 N–H and O–H groups in total. The lowest BCUT2D eigenvalue weighted by atomic mass is 10.0. The van der Waals surface area contributed by atoms with Gasteiger partial charge < -0.3 is 9.84 Å². The Bertz CT molecular complexity index is 826. The lowest BCUT2D eigenvalue weighted by Crippen LogP contribution is -2.12. The van der Waals surface area contributed by atoms with Crippen LogP contribution in [0.25, 0.3) is 22.5 Å². The van der Waals surface area contributed by atoms with Crippen LogP contribution in [0.5, 0.6) is 5.75 Å². The minimum atomic E-state index is -0.485. The van der Waals surface area contributed by atoms with E-state index in [1.165, 1.54) is 18.4 Å². The van der Waals surface area contributed by atoms with Crippen molar-refractivity contribution in [2.45, 2.75) is 39.2 Å². The molecule has 0 amide bonds. The van der Waals surface area contributed by atoms with E-state index < -0.39 is 6.10 Å². The first-order valence-corrected chi connectivity index (χ1v) is 9.48. The van der Waals surface area contributed by atoms with E-state index in [1.54, 1.807) is 6.92 Å². The molecule has 0 spiro atoms. The van der Waals surface area contributed by atoms with E-state index in [-0.39, 0.29) is 6.61 Å². The summed E-state index contributed by atoms with van der Waals surface area (Å²) in [5.41, 5.74) is 4.44.